The predicted octanol–water partition coefficient (Wildman–Crippen LogP) is 7.42. The highest BCUT2D eigenvalue weighted by Gasteiger charge is 2.12. The Balaban J connectivity index is 1.85. The molecule has 3 aromatic rings. The molecule has 3 rings (SSSR count). The summed E-state index contributed by atoms with van der Waals surface area (Å²) < 4.78 is 7.32. The van der Waals surface area contributed by atoms with E-state index >= 15 is 0 Å². The fourth-order valence-corrected chi connectivity index (χ4v) is 4.32. The van der Waals surface area contributed by atoms with Crippen LogP contribution in [-0.2, 0) is 6.61 Å². The van der Waals surface area contributed by atoms with Crippen LogP contribution in [0.3, 0.4) is 0 Å². The minimum atomic E-state index is -0.477. The maximum absolute atomic E-state index is 10.8. The summed E-state index contributed by atoms with van der Waals surface area (Å²) in [6.45, 7) is 0.304. The lowest BCUT2D eigenvalue weighted by atomic mass is 10.0. The number of nitrogens with zero attached hydrogens (tertiary/aromatic N) is 2. The van der Waals surface area contributed by atoms with Gasteiger partial charge in [-0.2, -0.15) is 5.26 Å². The fraction of sp³-hybridized carbons (Fsp3) is 0.0455. The van der Waals surface area contributed by atoms with Gasteiger partial charge in [-0.1, -0.05) is 29.8 Å². The van der Waals surface area contributed by atoms with Crippen LogP contribution in [0.2, 0.25) is 5.02 Å². The summed E-state index contributed by atoms with van der Waals surface area (Å²) in [4.78, 5) is 10.3. The molecule has 8 heteroatoms. The van der Waals surface area contributed by atoms with Gasteiger partial charge in [-0.05, 0) is 79.4 Å². The number of nitro groups is 1. The number of nitriles is 1. The predicted molar refractivity (Wildman–Crippen MR) is 124 cm³/mol. The Morgan fingerprint density at radius 3 is 2.33 bits per heavy atom. The molecule has 0 fully saturated rings. The van der Waals surface area contributed by atoms with E-state index in [4.69, 9.17) is 16.3 Å². The third kappa shape index (κ3) is 5.28. The van der Waals surface area contributed by atoms with E-state index in [0.29, 0.717) is 37.5 Å². The standard InChI is InChI=1S/C22H13Br2ClN2O3/c23-19-10-14(9-17(12-26)15-5-7-18(8-6-15)27(28)29)11-20(24)22(19)30-13-16-3-1-2-4-21(16)25/h1-11H,13H2/b17-9+. The van der Waals surface area contributed by atoms with E-state index in [9.17, 15) is 15.4 Å². The summed E-state index contributed by atoms with van der Waals surface area (Å²) >= 11 is 13.2. The number of allylic oxidation sites excluding steroid dienone is 1. The Kier molecular flexibility index (Phi) is 7.27. The highest BCUT2D eigenvalue weighted by Crippen LogP contribution is 2.36. The Morgan fingerprint density at radius 1 is 1.13 bits per heavy atom. The highest BCUT2D eigenvalue weighted by atomic mass is 79.9. The summed E-state index contributed by atoms with van der Waals surface area (Å²) in [7, 11) is 0. The Labute approximate surface area is 195 Å². The van der Waals surface area contributed by atoms with Crippen molar-refractivity contribution >= 4 is 60.8 Å². The van der Waals surface area contributed by atoms with E-state index in [1.165, 1.54) is 12.1 Å². The molecular weight excluding hydrogens is 536 g/mol. The van der Waals surface area contributed by atoms with Crippen LogP contribution in [0.5, 0.6) is 5.75 Å². The largest absolute Gasteiger partial charge is 0.486 e. The van der Waals surface area contributed by atoms with Crippen molar-refractivity contribution in [3.05, 3.63) is 101 Å². The van der Waals surface area contributed by atoms with Crippen LogP contribution in [0.1, 0.15) is 16.7 Å². The lowest BCUT2D eigenvalue weighted by molar-refractivity contribution is -0.384. The van der Waals surface area contributed by atoms with Gasteiger partial charge in [-0.25, -0.2) is 0 Å². The second-order valence-electron chi connectivity index (χ2n) is 6.17. The van der Waals surface area contributed by atoms with Crippen LogP contribution in [0.4, 0.5) is 5.69 Å². The molecule has 0 aliphatic carbocycles. The van der Waals surface area contributed by atoms with Crippen molar-refractivity contribution in [2.75, 3.05) is 0 Å². The average molecular weight is 549 g/mol. The smallest absolute Gasteiger partial charge is 0.269 e. The SMILES string of the molecule is N#C/C(=C\c1cc(Br)c(OCc2ccccc2Cl)c(Br)c1)c1ccc([N+](=O)[O-])cc1. The van der Waals surface area contributed by atoms with E-state index < -0.39 is 4.92 Å². The molecular formula is C22H13Br2ClN2O3. The number of rotatable bonds is 6. The van der Waals surface area contributed by atoms with Crippen molar-refractivity contribution in [2.24, 2.45) is 0 Å². The van der Waals surface area contributed by atoms with Crippen molar-refractivity contribution in [2.45, 2.75) is 6.61 Å². The lowest BCUT2D eigenvalue weighted by Crippen LogP contribution is -1.98. The maximum Gasteiger partial charge on any atom is 0.269 e. The normalized spacial score (nSPS) is 11.1. The first-order chi connectivity index (χ1) is 14.4. The highest BCUT2D eigenvalue weighted by molar-refractivity contribution is 9.11. The van der Waals surface area contributed by atoms with Gasteiger partial charge in [0.1, 0.15) is 12.4 Å². The summed E-state index contributed by atoms with van der Waals surface area (Å²) in [6.07, 6.45) is 1.70. The summed E-state index contributed by atoms with van der Waals surface area (Å²) in [6, 6.07) is 19.1. The Morgan fingerprint density at radius 2 is 1.77 bits per heavy atom. The van der Waals surface area contributed by atoms with E-state index in [0.717, 1.165) is 11.1 Å². The molecule has 0 unspecified atom stereocenters. The number of benzene rings is 3. The first kappa shape index (κ1) is 22.0. The number of halogens is 3. The number of hydrogen-bond acceptors (Lipinski definition) is 4. The van der Waals surface area contributed by atoms with Gasteiger partial charge in [0.2, 0.25) is 0 Å². The molecule has 5 nitrogen and oxygen atoms in total. The van der Waals surface area contributed by atoms with Gasteiger partial charge in [-0.15, -0.1) is 0 Å². The summed E-state index contributed by atoms with van der Waals surface area (Å²) in [5.41, 5.74) is 2.57. The van der Waals surface area contributed by atoms with Crippen molar-refractivity contribution in [3.8, 4) is 11.8 Å². The van der Waals surface area contributed by atoms with Crippen molar-refractivity contribution in [1.29, 1.82) is 5.26 Å². The van der Waals surface area contributed by atoms with E-state index in [-0.39, 0.29) is 5.69 Å². The van der Waals surface area contributed by atoms with Gasteiger partial charge in [-0.3, -0.25) is 10.1 Å². The molecule has 0 aromatic heterocycles. The Hall–Kier alpha value is -2.66. The molecule has 0 atom stereocenters. The molecule has 0 N–H and O–H groups in total. The molecule has 0 amide bonds. The molecule has 150 valence electrons. The minimum Gasteiger partial charge on any atom is -0.486 e. The molecule has 0 bridgehead atoms. The number of ether oxygens (including phenoxy) is 1. The zero-order valence-electron chi connectivity index (χ0n) is 15.3. The average Bonchev–Trinajstić information content (AvgIpc) is 2.72. The minimum absolute atomic E-state index is 0.0263. The first-order valence-electron chi connectivity index (χ1n) is 8.61. The quantitative estimate of drug-likeness (QED) is 0.139. The molecule has 0 saturated carbocycles. The van der Waals surface area contributed by atoms with Gasteiger partial charge in [0.05, 0.1) is 25.5 Å². The van der Waals surface area contributed by atoms with Crippen molar-refractivity contribution in [1.82, 2.24) is 0 Å². The third-order valence-electron chi connectivity index (χ3n) is 4.17. The molecule has 3 aromatic carbocycles. The molecule has 0 aliphatic rings. The zero-order valence-corrected chi connectivity index (χ0v) is 19.2. The number of hydrogen-bond donors (Lipinski definition) is 0. The van der Waals surface area contributed by atoms with Crippen LogP contribution >= 0.6 is 43.5 Å². The molecule has 0 spiro atoms. The van der Waals surface area contributed by atoms with Crippen molar-refractivity contribution < 1.29 is 9.66 Å². The second-order valence-corrected chi connectivity index (χ2v) is 8.28. The molecule has 0 saturated heterocycles. The topological polar surface area (TPSA) is 76.2 Å². The van der Waals surface area contributed by atoms with Gasteiger partial charge < -0.3 is 4.74 Å². The first-order valence-corrected chi connectivity index (χ1v) is 10.6. The van der Waals surface area contributed by atoms with Gasteiger partial charge in [0, 0.05) is 22.7 Å². The van der Waals surface area contributed by atoms with E-state index in [1.807, 2.05) is 30.3 Å². The molecule has 0 radical (unpaired) electrons. The molecule has 0 aliphatic heterocycles. The van der Waals surface area contributed by atoms with Gasteiger partial charge in [0.15, 0.2) is 0 Å². The van der Waals surface area contributed by atoms with Crippen LogP contribution in [0.15, 0.2) is 69.6 Å². The zero-order chi connectivity index (χ0) is 21.7. The molecule has 30 heavy (non-hydrogen) atoms. The summed E-state index contributed by atoms with van der Waals surface area (Å²) in [5, 5.41) is 21.0. The van der Waals surface area contributed by atoms with Crippen LogP contribution in [-0.4, -0.2) is 4.92 Å². The van der Waals surface area contributed by atoms with E-state index in [1.54, 1.807) is 24.3 Å². The van der Waals surface area contributed by atoms with Crippen molar-refractivity contribution in [3.63, 3.8) is 0 Å². The third-order valence-corrected chi connectivity index (χ3v) is 5.72. The van der Waals surface area contributed by atoms with E-state index in [2.05, 4.69) is 37.9 Å². The lowest BCUT2D eigenvalue weighted by Gasteiger charge is -2.12. The maximum atomic E-state index is 10.8. The Bertz CT molecular complexity index is 1150. The van der Waals surface area contributed by atoms with Gasteiger partial charge in [0.25, 0.3) is 5.69 Å². The van der Waals surface area contributed by atoms with Gasteiger partial charge >= 0.3 is 0 Å². The van der Waals surface area contributed by atoms with Crippen LogP contribution in [0, 0.1) is 21.4 Å². The number of non-ortho nitro benzene ring substituents is 1. The second kappa shape index (κ2) is 9.90. The molecule has 0 heterocycles. The fourth-order valence-electron chi connectivity index (χ4n) is 2.68. The van der Waals surface area contributed by atoms with Crippen LogP contribution < -0.4 is 4.74 Å². The number of nitro benzene ring substituents is 1. The summed E-state index contributed by atoms with van der Waals surface area (Å²) in [5.74, 6) is 0.612. The monoisotopic (exact) mass is 546 g/mol. The van der Waals surface area contributed by atoms with Crippen LogP contribution in [0.25, 0.3) is 11.6 Å².